The van der Waals surface area contributed by atoms with Crippen LogP contribution in [0.3, 0.4) is 0 Å². The summed E-state index contributed by atoms with van der Waals surface area (Å²) in [5.41, 5.74) is 6.66. The number of aromatic amines is 1. The highest BCUT2D eigenvalue weighted by atomic mass is 32.1. The van der Waals surface area contributed by atoms with Gasteiger partial charge in [0.2, 0.25) is 0 Å². The van der Waals surface area contributed by atoms with Crippen LogP contribution >= 0.6 is 11.3 Å². The number of nitrogens with one attached hydrogen (secondary N) is 1. The minimum atomic E-state index is -0.444. The first-order valence-corrected chi connectivity index (χ1v) is 4.85. The largest absolute Gasteiger partial charge is 0.377 e. The molecule has 2 rings (SSSR count). The molecule has 2 heterocycles. The molecule has 2 aromatic heterocycles. The van der Waals surface area contributed by atoms with E-state index in [4.69, 9.17) is 10.5 Å². The lowest BCUT2D eigenvalue weighted by Gasteiger charge is -1.90. The van der Waals surface area contributed by atoms with Crippen molar-refractivity contribution in [3.8, 4) is 0 Å². The van der Waals surface area contributed by atoms with Crippen molar-refractivity contribution in [2.45, 2.75) is 6.61 Å². The van der Waals surface area contributed by atoms with Crippen LogP contribution in [-0.2, 0) is 11.3 Å². The van der Waals surface area contributed by atoms with Crippen LogP contribution in [-0.4, -0.2) is 23.0 Å². The lowest BCUT2D eigenvalue weighted by Crippen LogP contribution is -2.09. The fourth-order valence-electron chi connectivity index (χ4n) is 1.25. The second kappa shape index (κ2) is 3.39. The number of amides is 1. The molecule has 14 heavy (non-hydrogen) atoms. The van der Waals surface area contributed by atoms with Gasteiger partial charge in [0.15, 0.2) is 0 Å². The van der Waals surface area contributed by atoms with E-state index in [9.17, 15) is 4.79 Å². The van der Waals surface area contributed by atoms with Gasteiger partial charge in [0.1, 0.15) is 22.8 Å². The van der Waals surface area contributed by atoms with Crippen molar-refractivity contribution in [2.75, 3.05) is 7.11 Å². The van der Waals surface area contributed by atoms with E-state index in [-0.39, 0.29) is 0 Å². The molecule has 0 atom stereocenters. The standard InChI is InChI=1S/C8H9N3O2S/c1-13-2-5-10-4-3-14-7(8(9)12)6(4)11-5/h3H,2H2,1H3,(H2,9,12)(H,10,11). The van der Waals surface area contributed by atoms with E-state index < -0.39 is 5.91 Å². The highest BCUT2D eigenvalue weighted by Crippen LogP contribution is 2.23. The molecule has 0 aliphatic rings. The Bertz CT molecular complexity index is 474. The number of nitrogens with zero attached hydrogens (tertiary/aromatic N) is 1. The topological polar surface area (TPSA) is 81.0 Å². The average Bonchev–Trinajstić information content (AvgIpc) is 2.62. The zero-order valence-electron chi connectivity index (χ0n) is 7.53. The van der Waals surface area contributed by atoms with Gasteiger partial charge in [0.25, 0.3) is 5.91 Å². The van der Waals surface area contributed by atoms with E-state index in [2.05, 4.69) is 9.97 Å². The van der Waals surface area contributed by atoms with Gasteiger partial charge in [-0.15, -0.1) is 11.3 Å². The monoisotopic (exact) mass is 211 g/mol. The van der Waals surface area contributed by atoms with Crippen LogP contribution in [0.2, 0.25) is 0 Å². The van der Waals surface area contributed by atoms with Crippen molar-refractivity contribution >= 4 is 28.3 Å². The van der Waals surface area contributed by atoms with Crippen LogP contribution in [0.25, 0.3) is 11.0 Å². The number of hydrogen-bond donors (Lipinski definition) is 2. The molecule has 0 aliphatic carbocycles. The third kappa shape index (κ3) is 1.38. The fraction of sp³-hybridized carbons (Fsp3) is 0.250. The molecule has 0 unspecified atom stereocenters. The smallest absolute Gasteiger partial charge is 0.261 e. The molecule has 0 saturated heterocycles. The van der Waals surface area contributed by atoms with Crippen LogP contribution in [0.15, 0.2) is 5.38 Å². The summed E-state index contributed by atoms with van der Waals surface area (Å²) >= 11 is 1.30. The van der Waals surface area contributed by atoms with Crippen molar-refractivity contribution < 1.29 is 9.53 Å². The van der Waals surface area contributed by atoms with E-state index in [1.165, 1.54) is 11.3 Å². The molecule has 2 aromatic rings. The number of thiophene rings is 1. The van der Waals surface area contributed by atoms with E-state index >= 15 is 0 Å². The summed E-state index contributed by atoms with van der Waals surface area (Å²) in [6.45, 7) is 0.400. The first-order valence-electron chi connectivity index (χ1n) is 3.97. The fourth-order valence-corrected chi connectivity index (χ4v) is 2.04. The molecule has 1 amide bonds. The van der Waals surface area contributed by atoms with Crippen molar-refractivity contribution in [1.82, 2.24) is 9.97 Å². The molecule has 0 radical (unpaired) electrons. The second-order valence-electron chi connectivity index (χ2n) is 2.81. The average molecular weight is 211 g/mol. The summed E-state index contributed by atoms with van der Waals surface area (Å²) in [7, 11) is 1.59. The number of aromatic nitrogens is 2. The van der Waals surface area contributed by atoms with Crippen LogP contribution in [0.5, 0.6) is 0 Å². The SMILES string of the molecule is COCc1nc2c(C(N)=O)scc2[nH]1. The van der Waals surface area contributed by atoms with Crippen molar-refractivity contribution in [1.29, 1.82) is 0 Å². The van der Waals surface area contributed by atoms with Gasteiger partial charge in [-0.3, -0.25) is 4.79 Å². The van der Waals surface area contributed by atoms with Gasteiger partial charge in [-0.1, -0.05) is 0 Å². The summed E-state index contributed by atoms with van der Waals surface area (Å²) in [5.74, 6) is 0.258. The Morgan fingerprint density at radius 2 is 2.57 bits per heavy atom. The maximum Gasteiger partial charge on any atom is 0.261 e. The van der Waals surface area contributed by atoms with E-state index in [0.717, 1.165) is 5.52 Å². The number of primary amides is 1. The lowest BCUT2D eigenvalue weighted by molar-refractivity contribution is 0.101. The quantitative estimate of drug-likeness (QED) is 0.790. The van der Waals surface area contributed by atoms with Gasteiger partial charge >= 0.3 is 0 Å². The van der Waals surface area contributed by atoms with E-state index in [0.29, 0.717) is 22.8 Å². The predicted octanol–water partition coefficient (Wildman–Crippen LogP) is 0.870. The van der Waals surface area contributed by atoms with Gasteiger partial charge < -0.3 is 15.5 Å². The molecule has 0 spiro atoms. The molecule has 0 aliphatic heterocycles. The summed E-state index contributed by atoms with van der Waals surface area (Å²) in [5, 5.41) is 1.82. The van der Waals surface area contributed by atoms with Crippen molar-refractivity contribution in [3.05, 3.63) is 16.1 Å². The van der Waals surface area contributed by atoms with Crippen molar-refractivity contribution in [2.24, 2.45) is 5.73 Å². The third-order valence-electron chi connectivity index (χ3n) is 1.80. The maximum atomic E-state index is 11.0. The molecule has 6 heteroatoms. The summed E-state index contributed by atoms with van der Waals surface area (Å²) in [6.07, 6.45) is 0. The molecule has 0 saturated carbocycles. The number of carbonyl (C=O) groups is 1. The second-order valence-corrected chi connectivity index (χ2v) is 3.69. The van der Waals surface area contributed by atoms with Gasteiger partial charge in [0, 0.05) is 12.5 Å². The lowest BCUT2D eigenvalue weighted by atomic mass is 10.4. The first-order chi connectivity index (χ1) is 6.72. The normalized spacial score (nSPS) is 10.9. The number of hydrogen-bond acceptors (Lipinski definition) is 4. The Hall–Kier alpha value is -1.40. The Labute approximate surface area is 83.9 Å². The molecule has 0 fully saturated rings. The van der Waals surface area contributed by atoms with Crippen LogP contribution in [0.1, 0.15) is 15.5 Å². The minimum absolute atomic E-state index is 0.400. The van der Waals surface area contributed by atoms with Gasteiger partial charge in [-0.2, -0.15) is 0 Å². The van der Waals surface area contributed by atoms with Crippen LogP contribution < -0.4 is 5.73 Å². The minimum Gasteiger partial charge on any atom is -0.377 e. The number of fused-ring (bicyclic) bond motifs is 1. The number of nitrogens with two attached hydrogens (primary N) is 1. The molecular weight excluding hydrogens is 202 g/mol. The van der Waals surface area contributed by atoms with Crippen LogP contribution in [0, 0.1) is 0 Å². The molecular formula is C8H9N3O2S. The first kappa shape index (κ1) is 9.17. The number of H-pyrrole nitrogens is 1. The molecule has 0 bridgehead atoms. The van der Waals surface area contributed by atoms with Gasteiger partial charge in [-0.05, 0) is 0 Å². The predicted molar refractivity (Wildman–Crippen MR) is 53.2 cm³/mol. The number of carbonyl (C=O) groups excluding carboxylic acids is 1. The van der Waals surface area contributed by atoms with E-state index in [1.54, 1.807) is 7.11 Å². The van der Waals surface area contributed by atoms with Crippen LogP contribution in [0.4, 0.5) is 0 Å². The van der Waals surface area contributed by atoms with Gasteiger partial charge in [0.05, 0.1) is 5.52 Å². The summed E-state index contributed by atoms with van der Waals surface area (Å²) in [6, 6.07) is 0. The number of methoxy groups -OCH3 is 1. The van der Waals surface area contributed by atoms with Gasteiger partial charge in [-0.25, -0.2) is 4.98 Å². The molecule has 3 N–H and O–H groups in total. The molecule has 0 aromatic carbocycles. The number of ether oxygens (including phenoxy) is 1. The Kier molecular flexibility index (Phi) is 2.22. The summed E-state index contributed by atoms with van der Waals surface area (Å²) < 4.78 is 4.92. The summed E-state index contributed by atoms with van der Waals surface area (Å²) in [4.78, 5) is 18.7. The zero-order valence-corrected chi connectivity index (χ0v) is 8.35. The Morgan fingerprint density at radius 3 is 3.21 bits per heavy atom. The Morgan fingerprint density at radius 1 is 1.79 bits per heavy atom. The number of imidazole rings is 1. The molecule has 74 valence electrons. The maximum absolute atomic E-state index is 11.0. The molecule has 5 nitrogen and oxygen atoms in total. The number of rotatable bonds is 3. The highest BCUT2D eigenvalue weighted by molar-refractivity contribution is 7.13. The van der Waals surface area contributed by atoms with E-state index in [1.807, 2.05) is 5.38 Å². The zero-order chi connectivity index (χ0) is 10.1. The third-order valence-corrected chi connectivity index (χ3v) is 2.78. The van der Waals surface area contributed by atoms with Crippen molar-refractivity contribution in [3.63, 3.8) is 0 Å². The Balaban J connectivity index is 2.50. The highest BCUT2D eigenvalue weighted by Gasteiger charge is 2.13.